The number of benzene rings is 2. The van der Waals surface area contributed by atoms with Gasteiger partial charge in [0.1, 0.15) is 0 Å². The molecule has 2 heterocycles. The minimum Gasteiger partial charge on any atom is -0.303 e. The molecule has 9 heteroatoms. The number of aromatic amines is 1. The molecule has 0 aliphatic rings. The summed E-state index contributed by atoms with van der Waals surface area (Å²) < 4.78 is 3.08. The van der Waals surface area contributed by atoms with Crippen molar-refractivity contribution in [2.45, 2.75) is 19.4 Å². The molecule has 0 saturated carbocycles. The molecule has 2 N–H and O–H groups in total. The Morgan fingerprint density at radius 1 is 1.13 bits per heavy atom. The molecule has 0 amide bonds. The average molecular weight is 437 g/mol. The van der Waals surface area contributed by atoms with Crippen LogP contribution < -0.4 is 16.7 Å². The Morgan fingerprint density at radius 3 is 2.61 bits per heavy atom. The largest absolute Gasteiger partial charge is 0.329 e. The van der Waals surface area contributed by atoms with E-state index in [9.17, 15) is 9.59 Å². The van der Waals surface area contributed by atoms with Gasteiger partial charge in [-0.15, -0.1) is 0 Å². The molecule has 2 aromatic carbocycles. The van der Waals surface area contributed by atoms with Crippen molar-refractivity contribution < 1.29 is 0 Å². The lowest BCUT2D eigenvalue weighted by atomic mass is 10.1. The molecule has 0 spiro atoms. The number of anilines is 1. The Morgan fingerprint density at radius 2 is 1.87 bits per heavy atom. The fourth-order valence-corrected chi connectivity index (χ4v) is 3.46. The van der Waals surface area contributed by atoms with Gasteiger partial charge in [0.05, 0.1) is 6.21 Å². The zero-order valence-corrected chi connectivity index (χ0v) is 17.6. The van der Waals surface area contributed by atoms with Crippen LogP contribution in [-0.2, 0) is 20.0 Å². The van der Waals surface area contributed by atoms with Crippen molar-refractivity contribution in [3.05, 3.63) is 91.6 Å². The van der Waals surface area contributed by atoms with Gasteiger partial charge in [-0.3, -0.25) is 14.3 Å². The van der Waals surface area contributed by atoms with Gasteiger partial charge in [0.15, 0.2) is 11.2 Å². The van der Waals surface area contributed by atoms with Gasteiger partial charge in [-0.1, -0.05) is 54.1 Å². The molecule has 2 aromatic heterocycles. The van der Waals surface area contributed by atoms with Crippen LogP contribution in [0.1, 0.15) is 17.5 Å². The number of aromatic nitrogens is 4. The number of aryl methyl sites for hydroxylation is 3. The van der Waals surface area contributed by atoms with E-state index in [1.165, 1.54) is 10.1 Å². The summed E-state index contributed by atoms with van der Waals surface area (Å²) in [5.41, 5.74) is 4.63. The van der Waals surface area contributed by atoms with E-state index in [1.54, 1.807) is 30.0 Å². The Balaban J connectivity index is 1.64. The van der Waals surface area contributed by atoms with Crippen molar-refractivity contribution in [2.24, 2.45) is 12.1 Å². The second kappa shape index (κ2) is 9.01. The maximum absolute atomic E-state index is 12.5. The molecule has 0 unspecified atom stereocenters. The van der Waals surface area contributed by atoms with E-state index in [0.717, 1.165) is 18.4 Å². The molecule has 8 nitrogen and oxygen atoms in total. The van der Waals surface area contributed by atoms with Crippen molar-refractivity contribution in [2.75, 3.05) is 5.43 Å². The highest BCUT2D eigenvalue weighted by Gasteiger charge is 2.17. The van der Waals surface area contributed by atoms with Gasteiger partial charge in [-0.2, -0.15) is 10.1 Å². The van der Waals surface area contributed by atoms with Crippen LogP contribution in [0.15, 0.2) is 69.3 Å². The first-order valence-corrected chi connectivity index (χ1v) is 10.2. The van der Waals surface area contributed by atoms with E-state index in [4.69, 9.17) is 11.6 Å². The Labute approximate surface area is 182 Å². The van der Waals surface area contributed by atoms with E-state index in [-0.39, 0.29) is 0 Å². The number of halogens is 1. The summed E-state index contributed by atoms with van der Waals surface area (Å²) in [6, 6.07) is 17.3. The third-order valence-corrected chi connectivity index (χ3v) is 5.20. The molecule has 31 heavy (non-hydrogen) atoms. The van der Waals surface area contributed by atoms with Gasteiger partial charge >= 0.3 is 5.69 Å². The zero-order chi connectivity index (χ0) is 21.8. The lowest BCUT2D eigenvalue weighted by molar-refractivity contribution is 0.659. The highest BCUT2D eigenvalue weighted by Crippen LogP contribution is 2.17. The number of hydrazone groups is 1. The van der Waals surface area contributed by atoms with Gasteiger partial charge < -0.3 is 4.57 Å². The van der Waals surface area contributed by atoms with Crippen LogP contribution in [0, 0.1) is 0 Å². The predicted octanol–water partition coefficient (Wildman–Crippen LogP) is 3.16. The summed E-state index contributed by atoms with van der Waals surface area (Å²) in [5, 5.41) is 4.89. The Hall–Kier alpha value is -3.65. The van der Waals surface area contributed by atoms with Crippen LogP contribution in [0.4, 0.5) is 5.95 Å². The van der Waals surface area contributed by atoms with E-state index in [0.29, 0.717) is 28.7 Å². The minimum atomic E-state index is -0.511. The van der Waals surface area contributed by atoms with Crippen molar-refractivity contribution in [3.8, 4) is 0 Å². The van der Waals surface area contributed by atoms with E-state index in [1.807, 2.05) is 30.3 Å². The van der Waals surface area contributed by atoms with Crippen LogP contribution >= 0.6 is 11.6 Å². The smallest absolute Gasteiger partial charge is 0.303 e. The van der Waals surface area contributed by atoms with Crippen LogP contribution in [0.5, 0.6) is 0 Å². The Kier molecular flexibility index (Phi) is 5.99. The number of hydrogen-bond donors (Lipinski definition) is 2. The number of H-pyrrole nitrogens is 1. The second-order valence-corrected chi connectivity index (χ2v) is 7.52. The molecule has 0 saturated heterocycles. The van der Waals surface area contributed by atoms with Crippen LogP contribution in [0.3, 0.4) is 0 Å². The predicted molar refractivity (Wildman–Crippen MR) is 123 cm³/mol. The van der Waals surface area contributed by atoms with Gasteiger partial charge in [-0.05, 0) is 36.1 Å². The molecular weight excluding hydrogens is 416 g/mol. The highest BCUT2D eigenvalue weighted by molar-refractivity contribution is 6.30. The van der Waals surface area contributed by atoms with Crippen LogP contribution in [0.25, 0.3) is 11.2 Å². The lowest BCUT2D eigenvalue weighted by Gasteiger charge is -2.08. The third-order valence-electron chi connectivity index (χ3n) is 4.95. The van der Waals surface area contributed by atoms with Crippen LogP contribution in [-0.4, -0.2) is 25.3 Å². The van der Waals surface area contributed by atoms with Crippen molar-refractivity contribution >= 4 is 34.9 Å². The first-order valence-electron chi connectivity index (χ1n) is 9.81. The summed E-state index contributed by atoms with van der Waals surface area (Å²) in [6.07, 6.45) is 3.26. The fraction of sp³-hybridized carbons (Fsp3) is 0.182. The number of nitrogens with zero attached hydrogens (tertiary/aromatic N) is 4. The third kappa shape index (κ3) is 4.59. The normalized spacial score (nSPS) is 11.4. The Bertz CT molecular complexity index is 1340. The molecule has 0 aliphatic carbocycles. The maximum Gasteiger partial charge on any atom is 0.329 e. The molecule has 4 rings (SSSR count). The SMILES string of the molecule is Cn1c(=O)[nH]c(=O)c2c1nc(N/N=C\c1ccc(Cl)cc1)n2CCCc1ccccc1. The lowest BCUT2D eigenvalue weighted by Crippen LogP contribution is -2.29. The quantitative estimate of drug-likeness (QED) is 0.343. The summed E-state index contributed by atoms with van der Waals surface area (Å²) in [7, 11) is 1.57. The van der Waals surface area contributed by atoms with Crippen molar-refractivity contribution in [3.63, 3.8) is 0 Å². The minimum absolute atomic E-state index is 0.303. The van der Waals surface area contributed by atoms with Gasteiger partial charge in [-0.25, -0.2) is 10.2 Å². The molecule has 0 fully saturated rings. The number of hydrogen-bond acceptors (Lipinski definition) is 5. The summed E-state index contributed by atoms with van der Waals surface area (Å²) in [4.78, 5) is 31.3. The van der Waals surface area contributed by atoms with Crippen LogP contribution in [0.2, 0.25) is 5.02 Å². The first-order chi connectivity index (χ1) is 15.0. The monoisotopic (exact) mass is 436 g/mol. The number of fused-ring (bicyclic) bond motifs is 1. The summed E-state index contributed by atoms with van der Waals surface area (Å²) in [6.45, 7) is 0.533. The summed E-state index contributed by atoms with van der Waals surface area (Å²) >= 11 is 5.91. The fourth-order valence-electron chi connectivity index (χ4n) is 3.34. The highest BCUT2D eigenvalue weighted by atomic mass is 35.5. The van der Waals surface area contributed by atoms with Gasteiger partial charge in [0.25, 0.3) is 5.56 Å². The molecule has 158 valence electrons. The zero-order valence-electron chi connectivity index (χ0n) is 16.9. The number of rotatable bonds is 7. The number of imidazole rings is 1. The van der Waals surface area contributed by atoms with Crippen molar-refractivity contribution in [1.82, 2.24) is 19.1 Å². The molecule has 0 radical (unpaired) electrons. The van der Waals surface area contributed by atoms with E-state index < -0.39 is 11.2 Å². The van der Waals surface area contributed by atoms with Crippen molar-refractivity contribution in [1.29, 1.82) is 0 Å². The molecule has 0 aliphatic heterocycles. The van der Waals surface area contributed by atoms with Gasteiger partial charge in [0.2, 0.25) is 5.95 Å². The number of nitrogens with one attached hydrogen (secondary N) is 2. The van der Waals surface area contributed by atoms with Gasteiger partial charge in [0, 0.05) is 18.6 Å². The second-order valence-electron chi connectivity index (χ2n) is 7.09. The standard InChI is InChI=1S/C22H21ClN6O2/c1-28-19-18(20(30)26-22(28)31)29(13-5-8-15-6-3-2-4-7-15)21(25-19)27-24-14-16-9-11-17(23)12-10-16/h2-4,6-7,9-12,14H,5,8,13H2,1H3,(H,25,27)(H,26,30,31)/b24-14-. The molecule has 4 aromatic rings. The topological polar surface area (TPSA) is 97.1 Å². The molecule has 0 bridgehead atoms. The van der Waals surface area contributed by atoms with E-state index >= 15 is 0 Å². The van der Waals surface area contributed by atoms with E-state index in [2.05, 4.69) is 32.6 Å². The molecular formula is C22H21ClN6O2. The molecule has 0 atom stereocenters. The average Bonchev–Trinajstić information content (AvgIpc) is 3.13. The summed E-state index contributed by atoms with van der Waals surface area (Å²) in [5.74, 6) is 0.389. The first kappa shape index (κ1) is 20.6. The maximum atomic E-state index is 12.5.